The number of benzene rings is 9. The standard InChI is InChI=1S/C22H17N5S.C21H15N5S.C20H15N5.2C16H13N5S.C14H11N5/c1-3-13-28-22-25-19-18(14-23)24-20(16-11-9-15(2)10-12-16)26-21(19)27(22)17-7-5-4-6-8-17;1-2-13-27-21-24-18-17(14-22)23-19(15-9-5-3-6-10-15)25-20(18)26(21)16-11-7-4-8-12-16;1-13-8-10-15(11-9-13)19-23-17(12-21)18-20(24-19)25(14(2)22-18)16-6-4-3-5-7-16;2*1-3-9-22-16-20-14-13(10-17)18-11(2)19-15(14)21(16)12-7-5-4-6-8-12;1-9-16-12(8-15)13-14(17-9)19(10(2)18-13)11-6-4-3-5-7-11/h3-12H,1,13H2,2H3;2-12H,1,13H2;3-11H,1-2H3;2*3-8H,1,9H2,2H3;3-7H,1-2H3. The van der Waals surface area contributed by atoms with Gasteiger partial charge in [0.2, 0.25) is 0 Å². The molecule has 694 valence electrons. The minimum Gasteiger partial charge on any atom is -0.281 e. The van der Waals surface area contributed by atoms with E-state index >= 15 is 0 Å². The Bertz CT molecular complexity index is 8420. The van der Waals surface area contributed by atoms with Crippen molar-refractivity contribution in [2.75, 3.05) is 23.0 Å². The predicted octanol–water partition coefficient (Wildman–Crippen LogP) is 22.4. The molecule has 12 aromatic heterocycles. The number of nitrogens with zero attached hydrogens (tertiary/aromatic N) is 30. The molecule has 9 aromatic carbocycles. The van der Waals surface area contributed by atoms with Crippen molar-refractivity contribution in [1.29, 1.82) is 31.6 Å². The minimum absolute atomic E-state index is 0.272. The fourth-order valence-corrected chi connectivity index (χ4v) is 18.0. The van der Waals surface area contributed by atoms with E-state index in [9.17, 15) is 26.3 Å². The molecule has 34 heteroatoms. The van der Waals surface area contributed by atoms with Crippen molar-refractivity contribution in [2.24, 2.45) is 0 Å². The number of fused-ring (bicyclic) bond motifs is 6. The van der Waals surface area contributed by atoms with E-state index in [-0.39, 0.29) is 11.4 Å². The highest BCUT2D eigenvalue weighted by atomic mass is 32.2. The molecule has 21 rings (SSSR count). The molecule has 0 radical (unpaired) electrons. The quantitative estimate of drug-likeness (QED) is 0.0476. The second-order valence-corrected chi connectivity index (χ2v) is 35.1. The van der Waals surface area contributed by atoms with Crippen LogP contribution in [0.25, 0.3) is 135 Å². The van der Waals surface area contributed by atoms with Crippen LogP contribution in [0.5, 0.6) is 0 Å². The lowest BCUT2D eigenvalue weighted by molar-refractivity contribution is 0.906. The first-order chi connectivity index (χ1) is 69.9. The zero-order valence-electron chi connectivity index (χ0n) is 78.3. The zero-order chi connectivity index (χ0) is 100.0. The van der Waals surface area contributed by atoms with Crippen LogP contribution in [-0.2, 0) is 0 Å². The van der Waals surface area contributed by atoms with E-state index < -0.39 is 0 Å². The maximum Gasteiger partial charge on any atom is 0.175 e. The van der Waals surface area contributed by atoms with E-state index in [1.807, 2.05) is 340 Å². The van der Waals surface area contributed by atoms with Crippen LogP contribution in [0.3, 0.4) is 0 Å². The van der Waals surface area contributed by atoms with Crippen LogP contribution in [0.1, 0.15) is 74.4 Å². The smallest absolute Gasteiger partial charge is 0.175 e. The van der Waals surface area contributed by atoms with E-state index in [4.69, 9.17) is 20.2 Å². The van der Waals surface area contributed by atoms with Gasteiger partial charge in [-0.15, -0.1) is 26.3 Å². The first-order valence-electron chi connectivity index (χ1n) is 44.4. The molecular formula is C109H84N30S4. The lowest BCUT2D eigenvalue weighted by Crippen LogP contribution is -2.00. The topological polar surface area (TPSA) is 404 Å². The summed E-state index contributed by atoms with van der Waals surface area (Å²) in [4.78, 5) is 80.9. The van der Waals surface area contributed by atoms with Gasteiger partial charge in [0.15, 0.2) is 106 Å². The van der Waals surface area contributed by atoms with Crippen molar-refractivity contribution in [3.63, 3.8) is 0 Å². The van der Waals surface area contributed by atoms with E-state index in [0.29, 0.717) is 136 Å². The first kappa shape index (κ1) is 97.7. The molecule has 0 amide bonds. The van der Waals surface area contributed by atoms with Gasteiger partial charge in [-0.05, 0) is 121 Å². The van der Waals surface area contributed by atoms with Gasteiger partial charge >= 0.3 is 0 Å². The molecule has 0 saturated carbocycles. The van der Waals surface area contributed by atoms with E-state index in [1.54, 1.807) is 67.8 Å². The summed E-state index contributed by atoms with van der Waals surface area (Å²) >= 11 is 6.19. The molecule has 0 unspecified atom stereocenters. The van der Waals surface area contributed by atoms with Crippen LogP contribution in [0.15, 0.2) is 332 Å². The summed E-state index contributed by atoms with van der Waals surface area (Å²) in [5.74, 6) is 7.66. The second-order valence-electron chi connectivity index (χ2n) is 31.2. The molecule has 0 aliphatic carbocycles. The number of hydrogen-bond acceptors (Lipinski definition) is 28. The Morgan fingerprint density at radius 1 is 0.224 bits per heavy atom. The van der Waals surface area contributed by atoms with Gasteiger partial charge in [0.05, 0.1) is 0 Å². The molecule has 0 bridgehead atoms. The van der Waals surface area contributed by atoms with Crippen molar-refractivity contribution < 1.29 is 0 Å². The SMILES string of the molecule is C=CCSc1nc2c(C#N)nc(-c3ccc(C)cc3)nc2n1-c1ccccc1.C=CCSc1nc2c(C#N)nc(-c3ccccc3)nc2n1-c1ccccc1.C=CCSc1nc2c(C#N)nc(C)nc2n1-c1ccccc1.C=CCSc1nc2c(C#N)nc(C)nc2n1-c1ccccc1.Cc1ccc(-c2nc(C#N)c3nc(C)n(-c4ccccc4)c3n2)cc1.Cc1nc(C#N)c2nc(C)n(-c3ccccc3)c2n1. The summed E-state index contributed by atoms with van der Waals surface area (Å²) in [5.41, 5.74) is 19.4. The van der Waals surface area contributed by atoms with Crippen LogP contribution >= 0.6 is 47.0 Å². The fraction of sp³-hybridized carbons (Fsp3) is 0.101. The molecule has 0 spiro atoms. The van der Waals surface area contributed by atoms with Gasteiger partial charge in [0.25, 0.3) is 0 Å². The third-order valence-corrected chi connectivity index (χ3v) is 25.0. The molecule has 30 nitrogen and oxygen atoms in total. The van der Waals surface area contributed by atoms with Crippen molar-refractivity contribution in [3.05, 3.63) is 386 Å². The van der Waals surface area contributed by atoms with Crippen molar-refractivity contribution in [1.82, 2.24) is 117 Å². The van der Waals surface area contributed by atoms with Gasteiger partial charge in [-0.2, -0.15) is 31.6 Å². The molecule has 21 aromatic rings. The molecule has 12 heterocycles. The van der Waals surface area contributed by atoms with E-state index in [0.717, 1.165) is 106 Å². The highest BCUT2D eigenvalue weighted by Crippen LogP contribution is 2.36. The number of rotatable bonds is 21. The number of aromatic nitrogens is 24. The third kappa shape index (κ3) is 21.8. The Kier molecular flexibility index (Phi) is 31.2. The summed E-state index contributed by atoms with van der Waals surface area (Å²) in [7, 11) is 0. The summed E-state index contributed by atoms with van der Waals surface area (Å²) in [5, 5.41) is 59.7. The Morgan fingerprint density at radius 2 is 0.420 bits per heavy atom. The summed E-state index contributed by atoms with van der Waals surface area (Å²) in [6.45, 7) is 28.2. The molecule has 0 aliphatic rings. The molecule has 143 heavy (non-hydrogen) atoms. The monoisotopic (exact) mass is 1940 g/mol. The zero-order valence-corrected chi connectivity index (χ0v) is 81.6. The fourth-order valence-electron chi connectivity index (χ4n) is 15.0. The second kappa shape index (κ2) is 45.7. The number of imidazole rings is 6. The maximum atomic E-state index is 9.69. The number of thioether (sulfide) groups is 4. The summed E-state index contributed by atoms with van der Waals surface area (Å²) < 4.78 is 11.8. The lowest BCUT2D eigenvalue weighted by Gasteiger charge is -2.08. The van der Waals surface area contributed by atoms with Crippen LogP contribution < -0.4 is 0 Å². The third-order valence-electron chi connectivity index (χ3n) is 21.3. The van der Waals surface area contributed by atoms with Crippen LogP contribution in [0.4, 0.5) is 0 Å². The van der Waals surface area contributed by atoms with E-state index in [2.05, 4.69) is 137 Å². The molecule has 0 fully saturated rings. The Hall–Kier alpha value is -18.4. The van der Waals surface area contributed by atoms with Crippen molar-refractivity contribution >= 4 is 114 Å². The van der Waals surface area contributed by atoms with Gasteiger partial charge in [-0.3, -0.25) is 27.4 Å². The summed E-state index contributed by atoms with van der Waals surface area (Å²) in [6, 6.07) is 97.6. The molecule has 0 atom stereocenters. The first-order valence-corrected chi connectivity index (χ1v) is 48.4. The Balaban J connectivity index is 0.000000124. The molecule has 0 saturated heterocycles. The Morgan fingerprint density at radius 3 is 0.657 bits per heavy atom. The van der Waals surface area contributed by atoms with Gasteiger partial charge in [0.1, 0.15) is 98.6 Å². The van der Waals surface area contributed by atoms with Crippen molar-refractivity contribution in [3.8, 4) is 105 Å². The molecule has 0 aliphatic heterocycles. The predicted molar refractivity (Wildman–Crippen MR) is 561 cm³/mol. The summed E-state index contributed by atoms with van der Waals surface area (Å²) in [6.07, 6.45) is 7.29. The molecule has 0 N–H and O–H groups in total. The van der Waals surface area contributed by atoms with Gasteiger partial charge < -0.3 is 0 Å². The van der Waals surface area contributed by atoms with E-state index in [1.165, 1.54) is 0 Å². The normalized spacial score (nSPS) is 10.6. The minimum atomic E-state index is 0.272. The molecular weight excluding hydrogens is 1860 g/mol. The van der Waals surface area contributed by atoms with Crippen LogP contribution in [0.2, 0.25) is 0 Å². The Labute approximate surface area is 839 Å². The van der Waals surface area contributed by atoms with Gasteiger partial charge in [0, 0.05) is 73.8 Å². The van der Waals surface area contributed by atoms with Crippen LogP contribution in [-0.4, -0.2) is 140 Å². The average Bonchev–Trinajstić information content (AvgIpc) is 1.64. The number of hydrogen-bond donors (Lipinski definition) is 0. The van der Waals surface area contributed by atoms with Gasteiger partial charge in [-0.25, -0.2) is 89.7 Å². The highest BCUT2D eigenvalue weighted by molar-refractivity contribution is 8.00. The van der Waals surface area contributed by atoms with Crippen LogP contribution in [0, 0.1) is 116 Å². The number of para-hydroxylation sites is 6. The number of aryl methyl sites for hydroxylation is 7. The van der Waals surface area contributed by atoms with Crippen molar-refractivity contribution in [2.45, 2.75) is 69.1 Å². The largest absolute Gasteiger partial charge is 0.281 e. The lowest BCUT2D eigenvalue weighted by atomic mass is 10.1. The highest BCUT2D eigenvalue weighted by Gasteiger charge is 2.27. The number of nitriles is 6. The van der Waals surface area contributed by atoms with Gasteiger partial charge in [-0.1, -0.05) is 271 Å². The maximum absolute atomic E-state index is 9.69. The average molecular weight is 1940 g/mol.